The fourth-order valence-corrected chi connectivity index (χ4v) is 1.90. The number of rotatable bonds is 5. The highest BCUT2D eigenvalue weighted by molar-refractivity contribution is 5.24. The molecule has 0 saturated heterocycles. The highest BCUT2D eigenvalue weighted by atomic mass is 16.5. The number of ether oxygens (including phenoxy) is 1. The highest BCUT2D eigenvalue weighted by Crippen LogP contribution is 2.14. The first-order valence-electron chi connectivity index (χ1n) is 6.49. The Balaban J connectivity index is 1.96. The molecule has 2 aromatic rings. The Morgan fingerprint density at radius 3 is 2.58 bits per heavy atom. The van der Waals surface area contributed by atoms with Crippen LogP contribution in [0.15, 0.2) is 42.5 Å². The van der Waals surface area contributed by atoms with Crippen molar-refractivity contribution >= 4 is 0 Å². The van der Waals surface area contributed by atoms with Crippen molar-refractivity contribution in [3.63, 3.8) is 0 Å². The van der Waals surface area contributed by atoms with Gasteiger partial charge in [-0.1, -0.05) is 35.9 Å². The van der Waals surface area contributed by atoms with Gasteiger partial charge in [-0.15, -0.1) is 0 Å². The second-order valence-electron chi connectivity index (χ2n) is 4.68. The Hall–Kier alpha value is -1.87. The number of pyridine rings is 1. The molecule has 1 N–H and O–H groups in total. The first-order valence-corrected chi connectivity index (χ1v) is 6.49. The topological polar surface area (TPSA) is 34.1 Å². The van der Waals surface area contributed by atoms with Crippen LogP contribution in [0.25, 0.3) is 0 Å². The summed E-state index contributed by atoms with van der Waals surface area (Å²) in [4.78, 5) is 4.39. The Morgan fingerprint density at radius 2 is 1.89 bits per heavy atom. The largest absolute Gasteiger partial charge is 0.481 e. The smallest absolute Gasteiger partial charge is 0.213 e. The Bertz CT molecular complexity index is 523. The lowest BCUT2D eigenvalue weighted by Crippen LogP contribution is -2.18. The molecule has 0 amide bonds. The van der Waals surface area contributed by atoms with Gasteiger partial charge in [0.2, 0.25) is 5.88 Å². The van der Waals surface area contributed by atoms with Gasteiger partial charge in [0.15, 0.2) is 0 Å². The first-order chi connectivity index (χ1) is 9.19. The van der Waals surface area contributed by atoms with Crippen LogP contribution in [0.4, 0.5) is 0 Å². The van der Waals surface area contributed by atoms with Crippen LogP contribution in [0.1, 0.15) is 29.8 Å². The van der Waals surface area contributed by atoms with E-state index in [-0.39, 0.29) is 0 Å². The van der Waals surface area contributed by atoms with E-state index in [1.165, 1.54) is 11.1 Å². The molecule has 0 spiro atoms. The summed E-state index contributed by atoms with van der Waals surface area (Å²) in [6.07, 6.45) is 0. The molecular formula is C16H20N2O. The van der Waals surface area contributed by atoms with Gasteiger partial charge >= 0.3 is 0 Å². The maximum absolute atomic E-state index is 5.12. The van der Waals surface area contributed by atoms with Crippen molar-refractivity contribution < 1.29 is 4.74 Å². The molecule has 1 atom stereocenters. The molecule has 3 nitrogen and oxygen atoms in total. The minimum atomic E-state index is 0.300. The van der Waals surface area contributed by atoms with E-state index in [4.69, 9.17) is 4.74 Å². The van der Waals surface area contributed by atoms with E-state index < -0.39 is 0 Å². The lowest BCUT2D eigenvalue weighted by atomic mass is 10.1. The molecule has 1 heterocycles. The standard InChI is InChI=1S/C16H20N2O/c1-12-7-9-14(10-8-12)13(2)17-11-15-5-4-6-16(18-15)19-3/h4-10,13,17H,11H2,1-3H3/t13-/m1/s1. The summed E-state index contributed by atoms with van der Waals surface area (Å²) in [6.45, 7) is 4.99. The quantitative estimate of drug-likeness (QED) is 0.891. The molecule has 19 heavy (non-hydrogen) atoms. The van der Waals surface area contributed by atoms with Crippen molar-refractivity contribution in [2.45, 2.75) is 26.4 Å². The van der Waals surface area contributed by atoms with Crippen molar-refractivity contribution in [3.05, 3.63) is 59.3 Å². The van der Waals surface area contributed by atoms with Gasteiger partial charge in [-0.3, -0.25) is 0 Å². The number of hydrogen-bond donors (Lipinski definition) is 1. The van der Waals surface area contributed by atoms with E-state index in [1.54, 1.807) is 7.11 Å². The molecular weight excluding hydrogens is 236 g/mol. The van der Waals surface area contributed by atoms with Crippen molar-refractivity contribution in [2.75, 3.05) is 7.11 Å². The second kappa shape index (κ2) is 6.34. The number of nitrogens with zero attached hydrogens (tertiary/aromatic N) is 1. The maximum atomic E-state index is 5.12. The van der Waals surface area contributed by atoms with Gasteiger partial charge in [-0.2, -0.15) is 0 Å². The van der Waals surface area contributed by atoms with Gasteiger partial charge in [-0.05, 0) is 25.5 Å². The molecule has 0 saturated carbocycles. The Labute approximate surface area is 114 Å². The fraction of sp³-hybridized carbons (Fsp3) is 0.312. The van der Waals surface area contributed by atoms with Crippen LogP contribution in [0.3, 0.4) is 0 Å². The average molecular weight is 256 g/mol. The third-order valence-corrected chi connectivity index (χ3v) is 3.16. The summed E-state index contributed by atoms with van der Waals surface area (Å²) in [6, 6.07) is 14.7. The first kappa shape index (κ1) is 13.6. The number of benzene rings is 1. The van der Waals surface area contributed by atoms with E-state index >= 15 is 0 Å². The molecule has 0 fully saturated rings. The van der Waals surface area contributed by atoms with Crippen molar-refractivity contribution in [3.8, 4) is 5.88 Å². The van der Waals surface area contributed by atoms with Gasteiger partial charge in [0.25, 0.3) is 0 Å². The number of methoxy groups -OCH3 is 1. The predicted octanol–water partition coefficient (Wildman–Crippen LogP) is 3.25. The molecule has 0 radical (unpaired) electrons. The van der Waals surface area contributed by atoms with Gasteiger partial charge in [0.05, 0.1) is 12.8 Å². The summed E-state index contributed by atoms with van der Waals surface area (Å²) in [7, 11) is 1.63. The maximum Gasteiger partial charge on any atom is 0.213 e. The normalized spacial score (nSPS) is 12.2. The summed E-state index contributed by atoms with van der Waals surface area (Å²) in [5, 5.41) is 3.47. The number of hydrogen-bond acceptors (Lipinski definition) is 3. The molecule has 1 aromatic heterocycles. The van der Waals surface area contributed by atoms with Crippen LogP contribution < -0.4 is 10.1 Å². The zero-order chi connectivity index (χ0) is 13.7. The van der Waals surface area contributed by atoms with Gasteiger partial charge in [0.1, 0.15) is 0 Å². The lowest BCUT2D eigenvalue weighted by molar-refractivity contribution is 0.395. The molecule has 3 heteroatoms. The van der Waals surface area contributed by atoms with E-state index in [0.29, 0.717) is 11.9 Å². The number of nitrogens with one attached hydrogen (secondary N) is 1. The monoisotopic (exact) mass is 256 g/mol. The fourth-order valence-electron chi connectivity index (χ4n) is 1.90. The summed E-state index contributed by atoms with van der Waals surface area (Å²) < 4.78 is 5.12. The molecule has 0 aliphatic rings. The van der Waals surface area contributed by atoms with E-state index in [2.05, 4.69) is 48.4 Å². The number of aryl methyl sites for hydroxylation is 1. The molecule has 0 unspecified atom stereocenters. The zero-order valence-corrected chi connectivity index (χ0v) is 11.7. The molecule has 1 aromatic carbocycles. The molecule has 0 aliphatic heterocycles. The molecule has 2 rings (SSSR count). The zero-order valence-electron chi connectivity index (χ0n) is 11.7. The summed E-state index contributed by atoms with van der Waals surface area (Å²) >= 11 is 0. The van der Waals surface area contributed by atoms with E-state index in [1.807, 2.05) is 18.2 Å². The van der Waals surface area contributed by atoms with E-state index in [9.17, 15) is 0 Å². The number of aromatic nitrogens is 1. The SMILES string of the molecule is COc1cccc(CN[C@H](C)c2ccc(C)cc2)n1. The minimum Gasteiger partial charge on any atom is -0.481 e. The summed E-state index contributed by atoms with van der Waals surface area (Å²) in [5.74, 6) is 0.655. The van der Waals surface area contributed by atoms with E-state index in [0.717, 1.165) is 12.2 Å². The minimum absolute atomic E-state index is 0.300. The Morgan fingerprint density at radius 1 is 1.16 bits per heavy atom. The van der Waals surface area contributed by atoms with Gasteiger partial charge in [-0.25, -0.2) is 4.98 Å². The second-order valence-corrected chi connectivity index (χ2v) is 4.68. The van der Waals surface area contributed by atoms with Crippen LogP contribution in [-0.2, 0) is 6.54 Å². The van der Waals surface area contributed by atoms with Gasteiger partial charge in [0, 0.05) is 18.7 Å². The Kier molecular flexibility index (Phi) is 4.53. The van der Waals surface area contributed by atoms with Crippen LogP contribution in [-0.4, -0.2) is 12.1 Å². The predicted molar refractivity (Wildman–Crippen MR) is 77.2 cm³/mol. The third-order valence-electron chi connectivity index (χ3n) is 3.16. The summed E-state index contributed by atoms with van der Waals surface area (Å²) in [5.41, 5.74) is 3.55. The van der Waals surface area contributed by atoms with Crippen LogP contribution in [0.5, 0.6) is 5.88 Å². The highest BCUT2D eigenvalue weighted by Gasteiger charge is 2.05. The van der Waals surface area contributed by atoms with Crippen molar-refractivity contribution in [1.82, 2.24) is 10.3 Å². The van der Waals surface area contributed by atoms with Crippen molar-refractivity contribution in [2.24, 2.45) is 0 Å². The lowest BCUT2D eigenvalue weighted by Gasteiger charge is -2.14. The van der Waals surface area contributed by atoms with Crippen LogP contribution >= 0.6 is 0 Å². The average Bonchev–Trinajstić information content (AvgIpc) is 2.46. The van der Waals surface area contributed by atoms with Crippen LogP contribution in [0, 0.1) is 6.92 Å². The third kappa shape index (κ3) is 3.80. The van der Waals surface area contributed by atoms with Crippen LogP contribution in [0.2, 0.25) is 0 Å². The molecule has 100 valence electrons. The molecule has 0 aliphatic carbocycles. The van der Waals surface area contributed by atoms with Crippen molar-refractivity contribution in [1.29, 1.82) is 0 Å². The molecule has 0 bridgehead atoms. The van der Waals surface area contributed by atoms with Gasteiger partial charge < -0.3 is 10.1 Å².